The van der Waals surface area contributed by atoms with Gasteiger partial charge < -0.3 is 10.6 Å². The second kappa shape index (κ2) is 9.62. The Bertz CT molecular complexity index is 478. The van der Waals surface area contributed by atoms with Gasteiger partial charge in [0.2, 0.25) is 0 Å². The van der Waals surface area contributed by atoms with Crippen molar-refractivity contribution in [3.63, 3.8) is 0 Å². The summed E-state index contributed by atoms with van der Waals surface area (Å²) in [4.78, 5) is 2.46. The van der Waals surface area contributed by atoms with Crippen LogP contribution in [-0.4, -0.2) is 18.6 Å². The van der Waals surface area contributed by atoms with Gasteiger partial charge in [0.05, 0.1) is 0 Å². The fraction of sp³-hybridized carbons (Fsp3) is 0.739. The minimum Gasteiger partial charge on any atom is -0.370 e. The van der Waals surface area contributed by atoms with Crippen LogP contribution in [0, 0.1) is 11.8 Å². The lowest BCUT2D eigenvalue weighted by Crippen LogP contribution is -2.46. The highest BCUT2D eigenvalue weighted by Gasteiger charge is 2.18. The lowest BCUT2D eigenvalue weighted by molar-refractivity contribution is 0.339. The molecule has 0 saturated heterocycles. The molecule has 0 amide bonds. The van der Waals surface area contributed by atoms with Crippen LogP contribution in [0.2, 0.25) is 0 Å². The van der Waals surface area contributed by atoms with E-state index < -0.39 is 0 Å². The fourth-order valence-corrected chi connectivity index (χ4v) is 3.93. The Labute approximate surface area is 156 Å². The summed E-state index contributed by atoms with van der Waals surface area (Å²) in [5.74, 6) is 1.69. The van der Waals surface area contributed by atoms with E-state index in [4.69, 9.17) is 5.73 Å². The SMILES string of the molecule is CC(C)CCN(CC(C)(C)N)c1ccc(CCC2CCCCC2)cc1. The molecule has 2 rings (SSSR count). The van der Waals surface area contributed by atoms with Gasteiger partial charge >= 0.3 is 0 Å². The molecule has 2 heteroatoms. The highest BCUT2D eigenvalue weighted by molar-refractivity contribution is 5.48. The molecule has 142 valence electrons. The van der Waals surface area contributed by atoms with Crippen molar-refractivity contribution in [3.8, 4) is 0 Å². The summed E-state index contributed by atoms with van der Waals surface area (Å²) in [6, 6.07) is 9.29. The Morgan fingerprint density at radius 1 is 1.08 bits per heavy atom. The lowest BCUT2D eigenvalue weighted by Gasteiger charge is -2.32. The van der Waals surface area contributed by atoms with Crippen molar-refractivity contribution in [2.75, 3.05) is 18.0 Å². The van der Waals surface area contributed by atoms with E-state index in [-0.39, 0.29) is 5.54 Å². The quantitative estimate of drug-likeness (QED) is 0.614. The molecule has 1 aliphatic carbocycles. The first-order valence-corrected chi connectivity index (χ1v) is 10.5. The van der Waals surface area contributed by atoms with Crippen LogP contribution in [0.5, 0.6) is 0 Å². The fourth-order valence-electron chi connectivity index (χ4n) is 3.93. The number of benzene rings is 1. The van der Waals surface area contributed by atoms with E-state index in [1.807, 2.05) is 0 Å². The Hall–Kier alpha value is -1.02. The average Bonchev–Trinajstić information content (AvgIpc) is 2.57. The standard InChI is InChI=1S/C23H40N2/c1-19(2)16-17-25(18-23(3,4)24)22-14-12-21(13-15-22)11-10-20-8-6-5-7-9-20/h12-15,19-20H,5-11,16-18,24H2,1-4H3. The number of hydrogen-bond acceptors (Lipinski definition) is 2. The highest BCUT2D eigenvalue weighted by atomic mass is 15.1. The van der Waals surface area contributed by atoms with Crippen molar-refractivity contribution in [2.45, 2.75) is 84.6 Å². The molecule has 2 nitrogen and oxygen atoms in total. The second-order valence-electron chi connectivity index (χ2n) is 9.30. The van der Waals surface area contributed by atoms with Gasteiger partial charge in [0.15, 0.2) is 0 Å². The zero-order valence-electron chi connectivity index (χ0n) is 17.1. The third kappa shape index (κ3) is 7.81. The van der Waals surface area contributed by atoms with Crippen molar-refractivity contribution >= 4 is 5.69 Å². The van der Waals surface area contributed by atoms with Crippen molar-refractivity contribution in [2.24, 2.45) is 17.6 Å². The third-order valence-electron chi connectivity index (χ3n) is 5.44. The van der Waals surface area contributed by atoms with Crippen molar-refractivity contribution in [3.05, 3.63) is 29.8 Å². The lowest BCUT2D eigenvalue weighted by atomic mass is 9.85. The maximum absolute atomic E-state index is 6.30. The first kappa shape index (κ1) is 20.3. The number of aryl methyl sites for hydroxylation is 1. The summed E-state index contributed by atoms with van der Waals surface area (Å²) in [5, 5.41) is 0. The van der Waals surface area contributed by atoms with Crippen LogP contribution in [0.25, 0.3) is 0 Å². The molecule has 0 radical (unpaired) electrons. The second-order valence-corrected chi connectivity index (χ2v) is 9.30. The van der Waals surface area contributed by atoms with Crippen molar-refractivity contribution < 1.29 is 0 Å². The summed E-state index contributed by atoms with van der Waals surface area (Å²) < 4.78 is 0. The molecule has 0 aliphatic heterocycles. The summed E-state index contributed by atoms with van der Waals surface area (Å²) in [6.07, 6.45) is 11.1. The van der Waals surface area contributed by atoms with Crippen LogP contribution in [0.15, 0.2) is 24.3 Å². The van der Waals surface area contributed by atoms with E-state index >= 15 is 0 Å². The van der Waals surface area contributed by atoms with Gasteiger partial charge in [-0.1, -0.05) is 58.1 Å². The van der Waals surface area contributed by atoms with Gasteiger partial charge in [-0.3, -0.25) is 0 Å². The Balaban J connectivity index is 1.93. The van der Waals surface area contributed by atoms with E-state index in [1.54, 1.807) is 0 Å². The molecular formula is C23H40N2. The molecule has 1 saturated carbocycles. The van der Waals surface area contributed by atoms with E-state index in [2.05, 4.69) is 56.9 Å². The summed E-state index contributed by atoms with van der Waals surface area (Å²) in [7, 11) is 0. The molecule has 2 N–H and O–H groups in total. The van der Waals surface area contributed by atoms with E-state index in [9.17, 15) is 0 Å². The van der Waals surface area contributed by atoms with Gasteiger partial charge in [0, 0.05) is 24.3 Å². The molecule has 25 heavy (non-hydrogen) atoms. The van der Waals surface area contributed by atoms with Gasteiger partial charge in [-0.15, -0.1) is 0 Å². The third-order valence-corrected chi connectivity index (χ3v) is 5.44. The zero-order valence-corrected chi connectivity index (χ0v) is 17.1. The zero-order chi connectivity index (χ0) is 18.3. The molecule has 1 aromatic carbocycles. The number of rotatable bonds is 9. The Kier molecular flexibility index (Phi) is 7.81. The van der Waals surface area contributed by atoms with Crippen LogP contribution < -0.4 is 10.6 Å². The summed E-state index contributed by atoms with van der Waals surface area (Å²) in [5.41, 5.74) is 8.94. The van der Waals surface area contributed by atoms with Gasteiger partial charge in [0.1, 0.15) is 0 Å². The molecule has 0 unspecified atom stereocenters. The molecule has 0 bridgehead atoms. The Morgan fingerprint density at radius 2 is 1.72 bits per heavy atom. The van der Waals surface area contributed by atoms with Crippen LogP contribution in [-0.2, 0) is 6.42 Å². The van der Waals surface area contributed by atoms with Crippen LogP contribution >= 0.6 is 0 Å². The first-order chi connectivity index (χ1) is 11.8. The number of anilines is 1. The smallest absolute Gasteiger partial charge is 0.0367 e. The molecule has 0 spiro atoms. The normalized spacial score (nSPS) is 16.4. The highest BCUT2D eigenvalue weighted by Crippen LogP contribution is 2.28. The largest absolute Gasteiger partial charge is 0.370 e. The minimum atomic E-state index is -0.170. The van der Waals surface area contributed by atoms with Crippen LogP contribution in [0.3, 0.4) is 0 Å². The van der Waals surface area contributed by atoms with Gasteiger partial charge in [-0.05, 0) is 62.6 Å². The predicted molar refractivity (Wildman–Crippen MR) is 111 cm³/mol. The topological polar surface area (TPSA) is 29.3 Å². The van der Waals surface area contributed by atoms with Crippen LogP contribution in [0.4, 0.5) is 5.69 Å². The molecule has 0 heterocycles. The van der Waals surface area contributed by atoms with E-state index in [0.29, 0.717) is 0 Å². The van der Waals surface area contributed by atoms with E-state index in [1.165, 1.54) is 62.6 Å². The number of hydrogen-bond donors (Lipinski definition) is 1. The van der Waals surface area contributed by atoms with Crippen molar-refractivity contribution in [1.82, 2.24) is 0 Å². The monoisotopic (exact) mass is 344 g/mol. The maximum atomic E-state index is 6.30. The van der Waals surface area contributed by atoms with E-state index in [0.717, 1.165) is 24.9 Å². The maximum Gasteiger partial charge on any atom is 0.0367 e. The molecule has 1 aliphatic rings. The number of nitrogens with two attached hydrogens (primary N) is 1. The van der Waals surface area contributed by atoms with Gasteiger partial charge in [-0.2, -0.15) is 0 Å². The average molecular weight is 345 g/mol. The molecule has 1 fully saturated rings. The predicted octanol–water partition coefficient (Wildman–Crippen LogP) is 5.79. The van der Waals surface area contributed by atoms with Crippen LogP contribution in [0.1, 0.15) is 78.2 Å². The van der Waals surface area contributed by atoms with Crippen molar-refractivity contribution in [1.29, 1.82) is 0 Å². The molecule has 0 atom stereocenters. The van der Waals surface area contributed by atoms with Gasteiger partial charge in [-0.25, -0.2) is 0 Å². The summed E-state index contributed by atoms with van der Waals surface area (Å²) in [6.45, 7) is 10.8. The number of nitrogens with zero attached hydrogens (tertiary/aromatic N) is 1. The molecular weight excluding hydrogens is 304 g/mol. The minimum absolute atomic E-state index is 0.170. The summed E-state index contributed by atoms with van der Waals surface area (Å²) >= 11 is 0. The first-order valence-electron chi connectivity index (χ1n) is 10.5. The molecule has 1 aromatic rings. The Morgan fingerprint density at radius 3 is 2.28 bits per heavy atom. The van der Waals surface area contributed by atoms with Gasteiger partial charge in [0.25, 0.3) is 0 Å². The molecule has 0 aromatic heterocycles.